The Balaban J connectivity index is 2.18. The van der Waals surface area contributed by atoms with Gasteiger partial charge in [0.05, 0.1) is 17.1 Å². The summed E-state index contributed by atoms with van der Waals surface area (Å²) in [5.74, 6) is 0.567. The van der Waals surface area contributed by atoms with Gasteiger partial charge in [-0.15, -0.1) is 0 Å². The fourth-order valence-electron chi connectivity index (χ4n) is 2.78. The second-order valence-electron chi connectivity index (χ2n) is 6.34. The van der Waals surface area contributed by atoms with Crippen LogP contribution in [0.25, 0.3) is 22.5 Å². The van der Waals surface area contributed by atoms with Gasteiger partial charge >= 0.3 is 0 Å². The van der Waals surface area contributed by atoms with Crippen LogP contribution >= 0.6 is 0 Å². The lowest BCUT2D eigenvalue weighted by Gasteiger charge is -2.13. The minimum atomic E-state index is 0.567. The molecule has 0 bridgehead atoms. The Bertz CT molecular complexity index is 792. The van der Waals surface area contributed by atoms with Crippen molar-refractivity contribution in [2.24, 2.45) is 5.92 Å². The summed E-state index contributed by atoms with van der Waals surface area (Å²) in [6.07, 6.45) is 2.87. The highest BCUT2D eigenvalue weighted by molar-refractivity contribution is 5.79. The minimum absolute atomic E-state index is 0.567. The fraction of sp³-hybridized carbons (Fsp3) is 0.238. The largest absolute Gasteiger partial charge is 0.252 e. The van der Waals surface area contributed by atoms with E-state index in [1.54, 1.807) is 0 Å². The molecule has 0 aliphatic rings. The zero-order chi connectivity index (χ0) is 16.2. The third-order valence-electron chi connectivity index (χ3n) is 3.89. The number of aryl methyl sites for hydroxylation is 1. The molecule has 0 amide bonds. The lowest BCUT2D eigenvalue weighted by molar-refractivity contribution is 0.634. The number of hydrogen-bond acceptors (Lipinski definition) is 2. The molecule has 0 radical (unpaired) electrons. The monoisotopic (exact) mass is 302 g/mol. The first-order chi connectivity index (χ1) is 11.1. The number of benzene rings is 2. The third kappa shape index (κ3) is 3.48. The summed E-state index contributed by atoms with van der Waals surface area (Å²) in [6, 6.07) is 18.7. The summed E-state index contributed by atoms with van der Waals surface area (Å²) < 4.78 is 0. The van der Waals surface area contributed by atoms with Crippen molar-refractivity contribution in [2.75, 3.05) is 0 Å². The molecule has 0 unspecified atom stereocenters. The van der Waals surface area contributed by atoms with E-state index in [1.807, 2.05) is 24.4 Å². The maximum atomic E-state index is 4.94. The lowest BCUT2D eigenvalue weighted by atomic mass is 9.99. The Hall–Kier alpha value is -2.48. The van der Waals surface area contributed by atoms with Crippen LogP contribution in [0.5, 0.6) is 0 Å². The summed E-state index contributed by atoms with van der Waals surface area (Å²) >= 11 is 0. The molecule has 0 aliphatic carbocycles. The second kappa shape index (κ2) is 6.74. The summed E-state index contributed by atoms with van der Waals surface area (Å²) in [5.41, 5.74) is 6.46. The van der Waals surface area contributed by atoms with Gasteiger partial charge in [-0.2, -0.15) is 0 Å². The zero-order valence-electron chi connectivity index (χ0n) is 14.0. The van der Waals surface area contributed by atoms with Crippen LogP contribution in [0.3, 0.4) is 0 Å². The van der Waals surface area contributed by atoms with Gasteiger partial charge in [-0.1, -0.05) is 68.4 Å². The van der Waals surface area contributed by atoms with Gasteiger partial charge in [0.2, 0.25) is 0 Å². The van der Waals surface area contributed by atoms with Gasteiger partial charge in [-0.25, -0.2) is 4.98 Å². The van der Waals surface area contributed by atoms with Crippen molar-refractivity contribution in [3.63, 3.8) is 0 Å². The second-order valence-corrected chi connectivity index (χ2v) is 6.34. The summed E-state index contributed by atoms with van der Waals surface area (Å²) in [6.45, 7) is 6.53. The molecule has 23 heavy (non-hydrogen) atoms. The molecular formula is C21H22N2. The Morgan fingerprint density at radius 1 is 0.870 bits per heavy atom. The maximum Gasteiger partial charge on any atom is 0.0968 e. The lowest BCUT2D eigenvalue weighted by Crippen LogP contribution is -2.02. The van der Waals surface area contributed by atoms with Crippen molar-refractivity contribution < 1.29 is 0 Å². The number of aromatic nitrogens is 2. The number of rotatable bonds is 4. The van der Waals surface area contributed by atoms with Gasteiger partial charge in [0.15, 0.2) is 0 Å². The van der Waals surface area contributed by atoms with Gasteiger partial charge in [-0.3, -0.25) is 4.98 Å². The SMILES string of the molecule is Cc1ccccc1-c1ncc(CC(C)C)nc1-c1ccccc1. The highest BCUT2D eigenvalue weighted by atomic mass is 14.8. The molecule has 0 N–H and O–H groups in total. The Morgan fingerprint density at radius 2 is 1.57 bits per heavy atom. The molecule has 0 fully saturated rings. The predicted octanol–water partition coefficient (Wildman–Crippen LogP) is 5.32. The molecule has 2 aromatic carbocycles. The van der Waals surface area contributed by atoms with E-state index in [2.05, 4.69) is 57.2 Å². The van der Waals surface area contributed by atoms with E-state index in [1.165, 1.54) is 5.56 Å². The first kappa shape index (κ1) is 15.4. The number of hydrogen-bond donors (Lipinski definition) is 0. The minimum Gasteiger partial charge on any atom is -0.252 e. The van der Waals surface area contributed by atoms with Crippen molar-refractivity contribution >= 4 is 0 Å². The molecule has 3 aromatic rings. The molecule has 0 atom stereocenters. The standard InChI is InChI=1S/C21H22N2/c1-15(2)13-18-14-22-21(19-12-8-7-9-16(19)3)20(23-18)17-10-5-4-6-11-17/h4-12,14-15H,13H2,1-3H3. The van der Waals surface area contributed by atoms with Crippen molar-refractivity contribution in [2.45, 2.75) is 27.2 Å². The molecule has 2 heteroatoms. The van der Waals surface area contributed by atoms with Crippen LogP contribution in [-0.4, -0.2) is 9.97 Å². The number of nitrogens with zero attached hydrogens (tertiary/aromatic N) is 2. The van der Waals surface area contributed by atoms with E-state index < -0.39 is 0 Å². The fourth-order valence-corrected chi connectivity index (χ4v) is 2.78. The summed E-state index contributed by atoms with van der Waals surface area (Å²) in [7, 11) is 0. The van der Waals surface area contributed by atoms with E-state index in [-0.39, 0.29) is 0 Å². The Kier molecular flexibility index (Phi) is 4.52. The zero-order valence-corrected chi connectivity index (χ0v) is 14.0. The Morgan fingerprint density at radius 3 is 2.26 bits per heavy atom. The maximum absolute atomic E-state index is 4.94. The van der Waals surface area contributed by atoms with Gasteiger partial charge in [0.1, 0.15) is 0 Å². The Labute approximate surface area is 138 Å². The molecule has 0 aliphatic heterocycles. The molecule has 0 saturated heterocycles. The van der Waals surface area contributed by atoms with Gasteiger partial charge in [0, 0.05) is 17.3 Å². The molecule has 0 spiro atoms. The smallest absolute Gasteiger partial charge is 0.0968 e. The normalized spacial score (nSPS) is 11.0. The molecule has 116 valence electrons. The van der Waals surface area contributed by atoms with Crippen LogP contribution in [0.15, 0.2) is 60.8 Å². The van der Waals surface area contributed by atoms with E-state index in [9.17, 15) is 0 Å². The van der Waals surface area contributed by atoms with Gasteiger partial charge < -0.3 is 0 Å². The van der Waals surface area contributed by atoms with Crippen LogP contribution in [0.1, 0.15) is 25.1 Å². The average molecular weight is 302 g/mol. The third-order valence-corrected chi connectivity index (χ3v) is 3.89. The quantitative estimate of drug-likeness (QED) is 0.652. The van der Waals surface area contributed by atoms with Gasteiger partial charge in [0.25, 0.3) is 0 Å². The van der Waals surface area contributed by atoms with E-state index in [4.69, 9.17) is 9.97 Å². The topological polar surface area (TPSA) is 25.8 Å². The van der Waals surface area contributed by atoms with Crippen molar-refractivity contribution in [3.05, 3.63) is 72.1 Å². The molecule has 0 saturated carbocycles. The first-order valence-electron chi connectivity index (χ1n) is 8.12. The first-order valence-corrected chi connectivity index (χ1v) is 8.12. The van der Waals surface area contributed by atoms with Crippen LogP contribution < -0.4 is 0 Å². The molecule has 2 nitrogen and oxygen atoms in total. The summed E-state index contributed by atoms with van der Waals surface area (Å²) in [4.78, 5) is 9.71. The molecule has 3 rings (SSSR count). The highest BCUT2D eigenvalue weighted by Crippen LogP contribution is 2.31. The molecule has 1 heterocycles. The summed E-state index contributed by atoms with van der Waals surface area (Å²) in [5, 5.41) is 0. The van der Waals surface area contributed by atoms with E-state index in [0.29, 0.717) is 5.92 Å². The average Bonchev–Trinajstić information content (AvgIpc) is 2.56. The van der Waals surface area contributed by atoms with Crippen molar-refractivity contribution in [1.29, 1.82) is 0 Å². The van der Waals surface area contributed by atoms with Crippen LogP contribution in [-0.2, 0) is 6.42 Å². The van der Waals surface area contributed by atoms with Crippen LogP contribution in [0.4, 0.5) is 0 Å². The van der Waals surface area contributed by atoms with E-state index >= 15 is 0 Å². The molecule has 1 aromatic heterocycles. The van der Waals surface area contributed by atoms with E-state index in [0.717, 1.165) is 34.6 Å². The van der Waals surface area contributed by atoms with Crippen molar-refractivity contribution in [3.8, 4) is 22.5 Å². The predicted molar refractivity (Wildman–Crippen MR) is 96.2 cm³/mol. The van der Waals surface area contributed by atoms with Crippen LogP contribution in [0.2, 0.25) is 0 Å². The van der Waals surface area contributed by atoms with Crippen molar-refractivity contribution in [1.82, 2.24) is 9.97 Å². The highest BCUT2D eigenvalue weighted by Gasteiger charge is 2.14. The van der Waals surface area contributed by atoms with Gasteiger partial charge in [-0.05, 0) is 24.8 Å². The van der Waals surface area contributed by atoms with Crippen LogP contribution in [0, 0.1) is 12.8 Å². The molecular weight excluding hydrogens is 280 g/mol.